The molecular weight excluding hydrogens is 380 g/mol. The Morgan fingerprint density at radius 1 is 1.30 bits per heavy atom. The summed E-state index contributed by atoms with van der Waals surface area (Å²) in [6.07, 6.45) is 2.57. The largest absolute Gasteiger partial charge is 0.383 e. The van der Waals surface area contributed by atoms with Gasteiger partial charge >= 0.3 is 0 Å². The van der Waals surface area contributed by atoms with Crippen LogP contribution < -0.4 is 10.6 Å². The molecule has 8 heteroatoms. The summed E-state index contributed by atoms with van der Waals surface area (Å²) in [5.41, 5.74) is 2.84. The molecule has 8 nitrogen and oxygen atoms in total. The van der Waals surface area contributed by atoms with E-state index in [1.54, 1.807) is 14.0 Å². The zero-order valence-electron chi connectivity index (χ0n) is 18.1. The fourth-order valence-corrected chi connectivity index (χ4v) is 3.97. The lowest BCUT2D eigenvalue weighted by molar-refractivity contribution is -0.122. The summed E-state index contributed by atoms with van der Waals surface area (Å²) in [4.78, 5) is 21.5. The van der Waals surface area contributed by atoms with E-state index in [9.17, 15) is 4.79 Å². The molecule has 164 valence electrons. The van der Waals surface area contributed by atoms with E-state index in [0.29, 0.717) is 32.1 Å². The van der Waals surface area contributed by atoms with Crippen LogP contribution in [0.4, 0.5) is 0 Å². The number of nitrogens with one attached hydrogen (secondary N) is 3. The number of rotatable bonds is 10. The van der Waals surface area contributed by atoms with Gasteiger partial charge in [0, 0.05) is 32.5 Å². The minimum Gasteiger partial charge on any atom is -0.383 e. The zero-order valence-corrected chi connectivity index (χ0v) is 18.1. The summed E-state index contributed by atoms with van der Waals surface area (Å²) in [7, 11) is 1.66. The molecule has 3 rings (SSSR count). The molecule has 30 heavy (non-hydrogen) atoms. The first kappa shape index (κ1) is 22.4. The Balaban J connectivity index is 1.72. The molecule has 1 unspecified atom stereocenters. The van der Waals surface area contributed by atoms with Crippen molar-refractivity contribution >= 4 is 17.5 Å². The number of methoxy groups -OCH3 is 1. The number of likely N-dealkylation sites (tertiary alicyclic amines) is 1. The summed E-state index contributed by atoms with van der Waals surface area (Å²) in [5.74, 6) is 0.656. The van der Waals surface area contributed by atoms with E-state index in [1.165, 1.54) is 31.5 Å². The van der Waals surface area contributed by atoms with E-state index < -0.39 is 6.04 Å². The third kappa shape index (κ3) is 6.35. The number of piperazine rings is 1. The van der Waals surface area contributed by atoms with E-state index in [2.05, 4.69) is 44.8 Å². The fraction of sp³-hybridized carbons (Fsp3) is 0.591. The molecule has 0 aliphatic carbocycles. The molecule has 1 atom stereocenters. The molecule has 2 fully saturated rings. The van der Waals surface area contributed by atoms with Crippen LogP contribution in [0.15, 0.2) is 29.3 Å². The summed E-state index contributed by atoms with van der Waals surface area (Å²) >= 11 is 0. The van der Waals surface area contributed by atoms with Gasteiger partial charge in [0.1, 0.15) is 11.9 Å². The van der Waals surface area contributed by atoms with Crippen LogP contribution in [-0.2, 0) is 22.6 Å². The summed E-state index contributed by atoms with van der Waals surface area (Å²) in [6.45, 7) is 7.60. The van der Waals surface area contributed by atoms with Crippen LogP contribution in [0.25, 0.3) is 0 Å². The molecular formula is C22H34N6O2. The van der Waals surface area contributed by atoms with Gasteiger partial charge in [-0.2, -0.15) is 0 Å². The van der Waals surface area contributed by atoms with Gasteiger partial charge in [-0.15, -0.1) is 0 Å². The van der Waals surface area contributed by atoms with Gasteiger partial charge < -0.3 is 20.4 Å². The highest BCUT2D eigenvalue weighted by atomic mass is 16.5. The molecule has 2 aliphatic heterocycles. The van der Waals surface area contributed by atoms with Crippen molar-refractivity contribution in [2.75, 3.05) is 46.6 Å². The van der Waals surface area contributed by atoms with Crippen molar-refractivity contribution in [1.82, 2.24) is 20.4 Å². The maximum atomic E-state index is 12.3. The molecule has 2 saturated heterocycles. The first-order valence-electron chi connectivity index (χ1n) is 10.7. The smallest absolute Gasteiger partial charge is 0.240 e. The molecule has 3 N–H and O–H groups in total. The van der Waals surface area contributed by atoms with Crippen molar-refractivity contribution in [2.45, 2.75) is 38.9 Å². The van der Waals surface area contributed by atoms with E-state index in [1.807, 2.05) is 4.90 Å². The summed E-state index contributed by atoms with van der Waals surface area (Å²) in [6, 6.07) is 8.10. The normalized spacial score (nSPS) is 21.3. The average molecular weight is 415 g/mol. The quantitative estimate of drug-likeness (QED) is 0.395. The van der Waals surface area contributed by atoms with E-state index >= 15 is 0 Å². The van der Waals surface area contributed by atoms with Gasteiger partial charge in [-0.1, -0.05) is 24.3 Å². The molecule has 0 saturated carbocycles. The Bertz CT molecular complexity index is 760. The SMILES string of the molecule is COCCNCN=C1C(C(C)=N)NC(=O)CN1Cc1cccc(CN2CCCC2)c1. The molecule has 0 radical (unpaired) electrons. The van der Waals surface area contributed by atoms with Crippen LogP contribution in [0.5, 0.6) is 0 Å². The molecule has 2 aliphatic rings. The maximum Gasteiger partial charge on any atom is 0.240 e. The first-order valence-corrected chi connectivity index (χ1v) is 10.7. The minimum atomic E-state index is -0.483. The van der Waals surface area contributed by atoms with Crippen molar-refractivity contribution in [1.29, 1.82) is 5.41 Å². The molecule has 1 aromatic carbocycles. The maximum absolute atomic E-state index is 12.3. The number of benzene rings is 1. The number of hydrogen-bond acceptors (Lipinski definition) is 6. The standard InChI is InChI=1S/C22H34N6O2/c1-17(23)21-22(25-16-24-8-11-30-2)28(15-20(29)26-21)14-19-7-5-6-18(12-19)13-27-9-3-4-10-27/h5-7,12,21,23-24H,3-4,8-11,13-16H2,1-2H3,(H,26,29). The van der Waals surface area contributed by atoms with Gasteiger partial charge in [-0.3, -0.25) is 20.0 Å². The van der Waals surface area contributed by atoms with Gasteiger partial charge in [0.15, 0.2) is 0 Å². The van der Waals surface area contributed by atoms with Crippen molar-refractivity contribution in [3.05, 3.63) is 35.4 Å². The van der Waals surface area contributed by atoms with Crippen molar-refractivity contribution in [3.8, 4) is 0 Å². The Morgan fingerprint density at radius 3 is 2.73 bits per heavy atom. The molecule has 1 aromatic rings. The summed E-state index contributed by atoms with van der Waals surface area (Å²) < 4.78 is 5.05. The van der Waals surface area contributed by atoms with Crippen LogP contribution in [-0.4, -0.2) is 79.9 Å². The van der Waals surface area contributed by atoms with Crippen LogP contribution in [0.1, 0.15) is 30.9 Å². The number of amidine groups is 1. The van der Waals surface area contributed by atoms with Crippen LogP contribution in [0.2, 0.25) is 0 Å². The van der Waals surface area contributed by atoms with Gasteiger partial charge in [0.2, 0.25) is 5.91 Å². The zero-order chi connectivity index (χ0) is 21.3. The van der Waals surface area contributed by atoms with Crippen molar-refractivity contribution in [3.63, 3.8) is 0 Å². The highest BCUT2D eigenvalue weighted by Crippen LogP contribution is 2.16. The number of aliphatic imine (C=N–C) groups is 1. The van der Waals surface area contributed by atoms with Gasteiger partial charge in [0.25, 0.3) is 0 Å². The second-order valence-electron chi connectivity index (χ2n) is 8.01. The Labute approximate surface area is 179 Å². The Morgan fingerprint density at radius 2 is 2.03 bits per heavy atom. The average Bonchev–Trinajstić information content (AvgIpc) is 3.22. The van der Waals surface area contributed by atoms with E-state index in [4.69, 9.17) is 10.1 Å². The number of amides is 1. The highest BCUT2D eigenvalue weighted by molar-refractivity contribution is 6.13. The lowest BCUT2D eigenvalue weighted by atomic mass is 10.1. The molecule has 0 bridgehead atoms. The first-order chi connectivity index (χ1) is 14.6. The Hall–Kier alpha value is -2.29. The molecule has 0 spiro atoms. The number of carbonyl (C=O) groups excluding carboxylic acids is 1. The number of nitrogens with zero attached hydrogens (tertiary/aromatic N) is 3. The van der Waals surface area contributed by atoms with Crippen molar-refractivity contribution in [2.24, 2.45) is 4.99 Å². The lowest BCUT2D eigenvalue weighted by Crippen LogP contribution is -2.60. The fourth-order valence-electron chi connectivity index (χ4n) is 3.97. The van der Waals surface area contributed by atoms with E-state index in [-0.39, 0.29) is 12.5 Å². The van der Waals surface area contributed by atoms with E-state index in [0.717, 1.165) is 17.9 Å². The second kappa shape index (κ2) is 11.2. The van der Waals surface area contributed by atoms with Crippen LogP contribution in [0.3, 0.4) is 0 Å². The molecule has 0 aromatic heterocycles. The molecule has 1 amide bonds. The van der Waals surface area contributed by atoms with Crippen LogP contribution in [0, 0.1) is 5.41 Å². The van der Waals surface area contributed by atoms with Crippen molar-refractivity contribution < 1.29 is 9.53 Å². The van der Waals surface area contributed by atoms with Gasteiger partial charge in [-0.25, -0.2) is 0 Å². The lowest BCUT2D eigenvalue weighted by Gasteiger charge is -2.36. The van der Waals surface area contributed by atoms with Crippen LogP contribution >= 0.6 is 0 Å². The predicted octanol–water partition coefficient (Wildman–Crippen LogP) is 1.21. The molecule has 2 heterocycles. The summed E-state index contributed by atoms with van der Waals surface area (Å²) in [5, 5.41) is 14.2. The monoisotopic (exact) mass is 414 g/mol. The van der Waals surface area contributed by atoms with Gasteiger partial charge in [0.05, 0.1) is 19.8 Å². The minimum absolute atomic E-state index is 0.0777. The third-order valence-corrected chi connectivity index (χ3v) is 5.46. The topological polar surface area (TPSA) is 93.0 Å². The number of hydrogen-bond donors (Lipinski definition) is 3. The predicted molar refractivity (Wildman–Crippen MR) is 119 cm³/mol. The number of ether oxygens (including phenoxy) is 1. The Kier molecular flexibility index (Phi) is 8.36. The highest BCUT2D eigenvalue weighted by Gasteiger charge is 2.32. The van der Waals surface area contributed by atoms with Gasteiger partial charge in [-0.05, 0) is 44.0 Å². The number of carbonyl (C=O) groups is 1. The third-order valence-electron chi connectivity index (χ3n) is 5.46. The second-order valence-corrected chi connectivity index (χ2v) is 8.01.